The van der Waals surface area contributed by atoms with Gasteiger partial charge in [0, 0.05) is 23.8 Å². The minimum Gasteiger partial charge on any atom is -0.387 e. The predicted octanol–water partition coefficient (Wildman–Crippen LogP) is 3.07. The van der Waals surface area contributed by atoms with Crippen LogP contribution in [-0.4, -0.2) is 12.0 Å². The molecule has 1 N–H and O–H groups in total. The lowest BCUT2D eigenvalue weighted by atomic mass is 10.0. The number of anilines is 1. The summed E-state index contributed by atoms with van der Waals surface area (Å²) in [6, 6.07) is 6.41. The topological polar surface area (TPSA) is 24.9 Å². The molecule has 2 nitrogen and oxygen atoms in total. The van der Waals surface area contributed by atoms with E-state index in [1.807, 2.05) is 7.05 Å². The van der Waals surface area contributed by atoms with Gasteiger partial charge in [0.05, 0.1) is 5.52 Å². The fraction of sp³-hybridized carbons (Fsp3) is 0.357. The number of fused-ring (bicyclic) bond motifs is 2. The van der Waals surface area contributed by atoms with E-state index < -0.39 is 0 Å². The largest absolute Gasteiger partial charge is 0.387 e. The molecule has 0 fully saturated rings. The Morgan fingerprint density at radius 1 is 1.25 bits per heavy atom. The van der Waals surface area contributed by atoms with Crippen LogP contribution in [-0.2, 0) is 12.8 Å². The number of hydrogen-bond donors (Lipinski definition) is 1. The van der Waals surface area contributed by atoms with Crippen molar-refractivity contribution in [3.8, 4) is 0 Å². The van der Waals surface area contributed by atoms with Gasteiger partial charge in [0.2, 0.25) is 0 Å². The third kappa shape index (κ3) is 1.22. The maximum atomic E-state index is 4.82. The predicted molar refractivity (Wildman–Crippen MR) is 68.1 cm³/mol. The molecule has 1 aromatic carbocycles. The second-order valence-electron chi connectivity index (χ2n) is 4.49. The molecular weight excluding hydrogens is 196 g/mol. The van der Waals surface area contributed by atoms with Crippen LogP contribution in [0.15, 0.2) is 18.2 Å². The van der Waals surface area contributed by atoms with Crippen LogP contribution in [0.1, 0.15) is 23.2 Å². The molecule has 0 radical (unpaired) electrons. The fourth-order valence-corrected chi connectivity index (χ4v) is 2.71. The SMILES string of the molecule is CNc1c2c(nc3c(C)cccc13)CCC2. The number of hydrogen-bond acceptors (Lipinski definition) is 2. The monoisotopic (exact) mass is 212 g/mol. The van der Waals surface area contributed by atoms with E-state index in [-0.39, 0.29) is 0 Å². The molecule has 1 aliphatic rings. The zero-order valence-electron chi connectivity index (χ0n) is 9.80. The number of aryl methyl sites for hydroxylation is 2. The molecule has 0 spiro atoms. The van der Waals surface area contributed by atoms with Gasteiger partial charge in [-0.3, -0.25) is 4.98 Å². The second-order valence-corrected chi connectivity index (χ2v) is 4.49. The van der Waals surface area contributed by atoms with Crippen LogP contribution >= 0.6 is 0 Å². The molecule has 1 aliphatic carbocycles. The Balaban J connectivity index is 2.44. The maximum Gasteiger partial charge on any atom is 0.0755 e. The van der Waals surface area contributed by atoms with E-state index in [0.717, 1.165) is 11.9 Å². The molecule has 0 unspecified atom stereocenters. The highest BCUT2D eigenvalue weighted by Gasteiger charge is 2.19. The minimum atomic E-state index is 1.13. The Kier molecular flexibility index (Phi) is 2.10. The summed E-state index contributed by atoms with van der Waals surface area (Å²) in [5.74, 6) is 0. The van der Waals surface area contributed by atoms with Crippen LogP contribution in [0.25, 0.3) is 10.9 Å². The van der Waals surface area contributed by atoms with Crippen molar-refractivity contribution in [2.24, 2.45) is 0 Å². The van der Waals surface area contributed by atoms with Gasteiger partial charge >= 0.3 is 0 Å². The standard InChI is InChI=1S/C14H16N2/c1-9-5-3-7-11-13(9)16-12-8-4-6-10(12)14(11)15-2/h3,5,7H,4,6,8H2,1-2H3,(H,15,16). The van der Waals surface area contributed by atoms with Crippen LogP contribution in [0.3, 0.4) is 0 Å². The van der Waals surface area contributed by atoms with Gasteiger partial charge in [0.1, 0.15) is 0 Å². The first-order chi connectivity index (χ1) is 7.81. The molecule has 1 heterocycles. The first-order valence-electron chi connectivity index (χ1n) is 5.90. The van der Waals surface area contributed by atoms with E-state index in [0.29, 0.717) is 0 Å². The zero-order chi connectivity index (χ0) is 11.1. The highest BCUT2D eigenvalue weighted by molar-refractivity contribution is 5.95. The van der Waals surface area contributed by atoms with Gasteiger partial charge in [-0.15, -0.1) is 0 Å². The molecule has 0 aliphatic heterocycles. The van der Waals surface area contributed by atoms with Gasteiger partial charge in [-0.05, 0) is 37.3 Å². The van der Waals surface area contributed by atoms with Crippen molar-refractivity contribution in [2.75, 3.05) is 12.4 Å². The summed E-state index contributed by atoms with van der Waals surface area (Å²) < 4.78 is 0. The van der Waals surface area contributed by atoms with Gasteiger partial charge < -0.3 is 5.32 Å². The summed E-state index contributed by atoms with van der Waals surface area (Å²) in [6.07, 6.45) is 3.54. The van der Waals surface area contributed by atoms with Crippen molar-refractivity contribution in [1.29, 1.82) is 0 Å². The van der Waals surface area contributed by atoms with E-state index in [1.165, 1.54) is 40.7 Å². The summed E-state index contributed by atoms with van der Waals surface area (Å²) in [4.78, 5) is 4.82. The highest BCUT2D eigenvalue weighted by atomic mass is 14.9. The van der Waals surface area contributed by atoms with Gasteiger partial charge in [-0.1, -0.05) is 18.2 Å². The average molecular weight is 212 g/mol. The molecule has 0 saturated heterocycles. The smallest absolute Gasteiger partial charge is 0.0755 e. The number of nitrogens with zero attached hydrogens (tertiary/aromatic N) is 1. The molecule has 3 rings (SSSR count). The first-order valence-corrected chi connectivity index (χ1v) is 5.90. The summed E-state index contributed by atoms with van der Waals surface area (Å²) in [6.45, 7) is 2.14. The summed E-state index contributed by atoms with van der Waals surface area (Å²) >= 11 is 0. The van der Waals surface area contributed by atoms with Gasteiger partial charge in [0.25, 0.3) is 0 Å². The number of rotatable bonds is 1. The number of benzene rings is 1. The zero-order valence-corrected chi connectivity index (χ0v) is 9.80. The van der Waals surface area contributed by atoms with E-state index in [4.69, 9.17) is 4.98 Å². The molecule has 1 aromatic heterocycles. The Morgan fingerprint density at radius 2 is 2.12 bits per heavy atom. The fourth-order valence-electron chi connectivity index (χ4n) is 2.71. The van der Waals surface area contributed by atoms with Crippen LogP contribution < -0.4 is 5.32 Å². The number of pyridine rings is 1. The molecule has 16 heavy (non-hydrogen) atoms. The van der Waals surface area contributed by atoms with Crippen molar-refractivity contribution in [3.63, 3.8) is 0 Å². The number of para-hydroxylation sites is 1. The Labute approximate surface area is 95.7 Å². The molecule has 2 aromatic rings. The van der Waals surface area contributed by atoms with Gasteiger partial charge in [-0.25, -0.2) is 0 Å². The molecule has 2 heteroatoms. The quantitative estimate of drug-likeness (QED) is 0.785. The average Bonchev–Trinajstić information content (AvgIpc) is 2.75. The lowest BCUT2D eigenvalue weighted by Gasteiger charge is -2.12. The van der Waals surface area contributed by atoms with Crippen molar-refractivity contribution >= 4 is 16.6 Å². The minimum absolute atomic E-state index is 1.13. The van der Waals surface area contributed by atoms with E-state index in [9.17, 15) is 0 Å². The van der Waals surface area contributed by atoms with Crippen LogP contribution in [0.4, 0.5) is 5.69 Å². The highest BCUT2D eigenvalue weighted by Crippen LogP contribution is 2.34. The third-order valence-corrected chi connectivity index (χ3v) is 3.49. The van der Waals surface area contributed by atoms with Gasteiger partial charge in [-0.2, -0.15) is 0 Å². The molecule has 0 bridgehead atoms. The molecule has 82 valence electrons. The Hall–Kier alpha value is -1.57. The van der Waals surface area contributed by atoms with Crippen LogP contribution in [0, 0.1) is 6.92 Å². The lowest BCUT2D eigenvalue weighted by molar-refractivity contribution is 0.901. The Bertz CT molecular complexity index is 558. The van der Waals surface area contributed by atoms with Gasteiger partial charge in [0.15, 0.2) is 0 Å². The summed E-state index contributed by atoms with van der Waals surface area (Å²) in [7, 11) is 2.01. The summed E-state index contributed by atoms with van der Waals surface area (Å²) in [5, 5.41) is 4.62. The van der Waals surface area contributed by atoms with Crippen molar-refractivity contribution in [2.45, 2.75) is 26.2 Å². The Morgan fingerprint density at radius 3 is 2.94 bits per heavy atom. The lowest BCUT2D eigenvalue weighted by Crippen LogP contribution is -2.00. The molecule has 0 atom stereocenters. The maximum absolute atomic E-state index is 4.82. The second kappa shape index (κ2) is 3.48. The summed E-state index contributed by atoms with van der Waals surface area (Å²) in [5.41, 5.74) is 6.45. The third-order valence-electron chi connectivity index (χ3n) is 3.49. The van der Waals surface area contributed by atoms with E-state index >= 15 is 0 Å². The van der Waals surface area contributed by atoms with Crippen LogP contribution in [0.2, 0.25) is 0 Å². The van der Waals surface area contributed by atoms with E-state index in [2.05, 4.69) is 30.4 Å². The normalized spacial score (nSPS) is 14.1. The molecular formula is C14H16N2. The molecule has 0 amide bonds. The molecule has 0 saturated carbocycles. The van der Waals surface area contributed by atoms with Crippen LogP contribution in [0.5, 0.6) is 0 Å². The van der Waals surface area contributed by atoms with Crippen molar-refractivity contribution in [1.82, 2.24) is 4.98 Å². The van der Waals surface area contributed by atoms with Crippen molar-refractivity contribution in [3.05, 3.63) is 35.0 Å². The van der Waals surface area contributed by atoms with Crippen molar-refractivity contribution < 1.29 is 0 Å². The van der Waals surface area contributed by atoms with E-state index in [1.54, 1.807) is 0 Å². The number of nitrogens with one attached hydrogen (secondary N) is 1. The first kappa shape index (κ1) is 9.64. The number of aromatic nitrogens is 1.